The minimum Gasteiger partial charge on any atom is -0.480 e. The molecule has 20 heavy (non-hydrogen) atoms. The quantitative estimate of drug-likeness (QED) is 0.768. The van der Waals surface area contributed by atoms with Crippen LogP contribution in [0.15, 0.2) is 24.3 Å². The van der Waals surface area contributed by atoms with Crippen LogP contribution >= 0.6 is 0 Å². The standard InChI is InChI=1S/C15H18N2O3/c18-13(17-15(14(19)20)7-3-8-15)12-11-5-2-1-4-10(11)6-9-16-12/h1-2,4-5,12,16H,3,6-9H2,(H,17,18)(H,19,20). The van der Waals surface area contributed by atoms with Gasteiger partial charge in [0.1, 0.15) is 11.6 Å². The summed E-state index contributed by atoms with van der Waals surface area (Å²) in [5.41, 5.74) is 1.06. The van der Waals surface area contributed by atoms with E-state index in [1.165, 1.54) is 0 Å². The van der Waals surface area contributed by atoms with Gasteiger partial charge in [0.15, 0.2) is 0 Å². The van der Waals surface area contributed by atoms with Crippen molar-refractivity contribution in [2.24, 2.45) is 0 Å². The van der Waals surface area contributed by atoms with Gasteiger partial charge in [-0.05, 0) is 36.8 Å². The Bertz CT molecular complexity index is 552. The highest BCUT2D eigenvalue weighted by Crippen LogP contribution is 2.33. The number of carboxylic acid groups (broad SMARTS) is 1. The number of aliphatic carboxylic acids is 1. The largest absolute Gasteiger partial charge is 0.480 e. The van der Waals surface area contributed by atoms with Crippen LogP contribution in [0.3, 0.4) is 0 Å². The third-order valence-corrected chi connectivity index (χ3v) is 4.35. The number of fused-ring (bicyclic) bond motifs is 1. The first-order valence-electron chi connectivity index (χ1n) is 6.99. The number of hydrogen-bond donors (Lipinski definition) is 3. The van der Waals surface area contributed by atoms with Gasteiger partial charge in [-0.25, -0.2) is 4.79 Å². The predicted octanol–water partition coefficient (Wildman–Crippen LogP) is 0.997. The van der Waals surface area contributed by atoms with Gasteiger partial charge in [0, 0.05) is 6.54 Å². The summed E-state index contributed by atoms with van der Waals surface area (Å²) in [6.07, 6.45) is 2.77. The third kappa shape index (κ3) is 2.08. The van der Waals surface area contributed by atoms with E-state index in [0.29, 0.717) is 12.8 Å². The Morgan fingerprint density at radius 2 is 2.05 bits per heavy atom. The predicted molar refractivity (Wildman–Crippen MR) is 73.3 cm³/mol. The highest BCUT2D eigenvalue weighted by molar-refractivity contribution is 5.91. The SMILES string of the molecule is O=C(NC1(C(=O)O)CCC1)C1NCCc2ccccc21. The molecule has 1 aliphatic carbocycles. The number of hydrogen-bond acceptors (Lipinski definition) is 3. The lowest BCUT2D eigenvalue weighted by atomic mass is 9.76. The fourth-order valence-corrected chi connectivity index (χ4v) is 2.97. The van der Waals surface area contributed by atoms with Crippen molar-refractivity contribution in [3.63, 3.8) is 0 Å². The average Bonchev–Trinajstić information content (AvgIpc) is 2.41. The minimum absolute atomic E-state index is 0.237. The summed E-state index contributed by atoms with van der Waals surface area (Å²) in [7, 11) is 0. The lowest BCUT2D eigenvalue weighted by Crippen LogP contribution is -2.61. The van der Waals surface area contributed by atoms with Crippen LogP contribution in [-0.2, 0) is 16.0 Å². The van der Waals surface area contributed by atoms with E-state index in [1.54, 1.807) is 0 Å². The molecule has 3 N–H and O–H groups in total. The molecule has 0 saturated heterocycles. The van der Waals surface area contributed by atoms with Gasteiger partial charge in [-0.2, -0.15) is 0 Å². The summed E-state index contributed by atoms with van der Waals surface area (Å²) < 4.78 is 0. The molecule has 3 rings (SSSR count). The second-order valence-electron chi connectivity index (χ2n) is 5.57. The maximum absolute atomic E-state index is 12.4. The molecule has 1 aromatic rings. The molecule has 5 nitrogen and oxygen atoms in total. The van der Waals surface area contributed by atoms with Gasteiger partial charge in [-0.1, -0.05) is 24.3 Å². The maximum Gasteiger partial charge on any atom is 0.329 e. The van der Waals surface area contributed by atoms with Crippen molar-refractivity contribution in [3.8, 4) is 0 Å². The van der Waals surface area contributed by atoms with Crippen molar-refractivity contribution in [3.05, 3.63) is 35.4 Å². The van der Waals surface area contributed by atoms with Crippen LogP contribution in [0.1, 0.15) is 36.4 Å². The lowest BCUT2D eigenvalue weighted by Gasteiger charge is -2.39. The molecule has 0 spiro atoms. The van der Waals surface area contributed by atoms with Crippen LogP contribution in [-0.4, -0.2) is 29.1 Å². The Morgan fingerprint density at radius 3 is 2.70 bits per heavy atom. The summed E-state index contributed by atoms with van der Waals surface area (Å²) in [4.78, 5) is 23.8. The molecule has 1 aromatic carbocycles. The molecular weight excluding hydrogens is 256 g/mol. The zero-order valence-electron chi connectivity index (χ0n) is 11.2. The molecule has 1 atom stereocenters. The zero-order valence-corrected chi connectivity index (χ0v) is 11.2. The Morgan fingerprint density at radius 1 is 1.30 bits per heavy atom. The van der Waals surface area contributed by atoms with Crippen molar-refractivity contribution in [2.75, 3.05) is 6.54 Å². The van der Waals surface area contributed by atoms with Gasteiger partial charge in [0.25, 0.3) is 0 Å². The zero-order chi connectivity index (χ0) is 14.2. The third-order valence-electron chi connectivity index (χ3n) is 4.35. The molecule has 1 unspecified atom stereocenters. The summed E-state index contributed by atoms with van der Waals surface area (Å²) >= 11 is 0. The summed E-state index contributed by atoms with van der Waals surface area (Å²) in [6.45, 7) is 0.731. The first-order chi connectivity index (χ1) is 9.62. The van der Waals surface area contributed by atoms with Gasteiger partial charge >= 0.3 is 5.97 Å². The van der Waals surface area contributed by atoms with Crippen molar-refractivity contribution < 1.29 is 14.7 Å². The number of carbonyl (C=O) groups excluding carboxylic acids is 1. The molecule has 1 fully saturated rings. The lowest BCUT2D eigenvalue weighted by molar-refractivity contribution is -0.152. The molecule has 1 saturated carbocycles. The van der Waals surface area contributed by atoms with Gasteiger partial charge in [0.2, 0.25) is 5.91 Å². The van der Waals surface area contributed by atoms with E-state index in [-0.39, 0.29) is 5.91 Å². The van der Waals surface area contributed by atoms with Crippen molar-refractivity contribution in [1.29, 1.82) is 0 Å². The Balaban J connectivity index is 1.80. The summed E-state index contributed by atoms with van der Waals surface area (Å²) in [5, 5.41) is 15.2. The first kappa shape index (κ1) is 13.1. The number of rotatable bonds is 3. The normalized spacial score (nSPS) is 23.3. The smallest absolute Gasteiger partial charge is 0.329 e. The molecule has 1 aliphatic heterocycles. The van der Waals surface area contributed by atoms with E-state index in [2.05, 4.69) is 10.6 Å². The van der Waals surface area contributed by atoms with Crippen LogP contribution in [0.25, 0.3) is 0 Å². The van der Waals surface area contributed by atoms with E-state index in [0.717, 1.165) is 30.5 Å². The van der Waals surface area contributed by atoms with E-state index in [1.807, 2.05) is 24.3 Å². The molecular formula is C15H18N2O3. The van der Waals surface area contributed by atoms with Crippen molar-refractivity contribution in [1.82, 2.24) is 10.6 Å². The first-order valence-corrected chi connectivity index (χ1v) is 6.99. The molecule has 0 aromatic heterocycles. The van der Waals surface area contributed by atoms with E-state index in [9.17, 15) is 14.7 Å². The Hall–Kier alpha value is -1.88. The highest BCUT2D eigenvalue weighted by atomic mass is 16.4. The van der Waals surface area contributed by atoms with Gasteiger partial charge in [-0.15, -0.1) is 0 Å². The fraction of sp³-hybridized carbons (Fsp3) is 0.467. The van der Waals surface area contributed by atoms with Gasteiger partial charge in [-0.3, -0.25) is 4.79 Å². The van der Waals surface area contributed by atoms with Gasteiger partial charge < -0.3 is 15.7 Å². The second kappa shape index (κ2) is 4.90. The van der Waals surface area contributed by atoms with Crippen LogP contribution < -0.4 is 10.6 Å². The fourth-order valence-electron chi connectivity index (χ4n) is 2.97. The molecule has 5 heteroatoms. The number of benzene rings is 1. The number of nitrogens with one attached hydrogen (secondary N) is 2. The van der Waals surface area contributed by atoms with Crippen molar-refractivity contribution >= 4 is 11.9 Å². The molecule has 1 heterocycles. The number of carbonyl (C=O) groups is 2. The molecule has 1 amide bonds. The average molecular weight is 274 g/mol. The minimum atomic E-state index is -1.05. The Kier molecular flexibility index (Phi) is 3.22. The molecule has 2 aliphatic rings. The van der Waals surface area contributed by atoms with E-state index in [4.69, 9.17) is 0 Å². The van der Waals surface area contributed by atoms with E-state index < -0.39 is 17.6 Å². The van der Waals surface area contributed by atoms with Crippen LogP contribution in [0.5, 0.6) is 0 Å². The van der Waals surface area contributed by atoms with Crippen LogP contribution in [0.4, 0.5) is 0 Å². The number of amides is 1. The number of carboxylic acids is 1. The monoisotopic (exact) mass is 274 g/mol. The summed E-state index contributed by atoms with van der Waals surface area (Å²) in [5.74, 6) is -1.17. The molecule has 0 radical (unpaired) electrons. The molecule has 0 bridgehead atoms. The van der Waals surface area contributed by atoms with Crippen LogP contribution in [0.2, 0.25) is 0 Å². The highest BCUT2D eigenvalue weighted by Gasteiger charge is 2.46. The maximum atomic E-state index is 12.4. The summed E-state index contributed by atoms with van der Waals surface area (Å²) in [6, 6.07) is 7.37. The molecule has 106 valence electrons. The van der Waals surface area contributed by atoms with Crippen LogP contribution in [0, 0.1) is 0 Å². The second-order valence-corrected chi connectivity index (χ2v) is 5.57. The van der Waals surface area contributed by atoms with Crippen molar-refractivity contribution in [2.45, 2.75) is 37.3 Å². The Labute approximate surface area is 117 Å². The van der Waals surface area contributed by atoms with E-state index >= 15 is 0 Å². The topological polar surface area (TPSA) is 78.4 Å². The van der Waals surface area contributed by atoms with Gasteiger partial charge in [0.05, 0.1) is 0 Å².